The molecule has 0 aliphatic heterocycles. The number of carbonyl (C=O) groups excluding carboxylic acids is 5. The molecule has 0 rings (SSSR count). The zero-order valence-electron chi connectivity index (χ0n) is 11.5. The van der Waals surface area contributed by atoms with Gasteiger partial charge in [-0.15, -0.1) is 0 Å². The first-order valence-electron chi connectivity index (χ1n) is 6.05. The van der Waals surface area contributed by atoms with Gasteiger partial charge in [-0.25, -0.2) is 0 Å². The number of hydrogen-bond donors (Lipinski definition) is 5. The van der Waals surface area contributed by atoms with Crippen molar-refractivity contribution in [1.82, 2.24) is 10.6 Å². The summed E-state index contributed by atoms with van der Waals surface area (Å²) in [7, 11) is 0. The highest BCUT2D eigenvalue weighted by molar-refractivity contribution is 5.93. The third-order valence-electron chi connectivity index (χ3n) is 2.42. The Balaban J connectivity index is 4.44. The van der Waals surface area contributed by atoms with Gasteiger partial charge in [-0.05, 0) is 6.92 Å². The van der Waals surface area contributed by atoms with Gasteiger partial charge < -0.3 is 32.6 Å². The monoisotopic (exact) mass is 301 g/mol. The lowest BCUT2D eigenvalue weighted by molar-refractivity contribution is -0.131. The van der Waals surface area contributed by atoms with Gasteiger partial charge in [0.2, 0.25) is 23.6 Å². The van der Waals surface area contributed by atoms with E-state index in [2.05, 4.69) is 10.6 Å². The van der Waals surface area contributed by atoms with Crippen LogP contribution in [-0.2, 0) is 24.0 Å². The molecule has 0 spiro atoms. The van der Waals surface area contributed by atoms with Crippen LogP contribution in [0.2, 0.25) is 0 Å². The van der Waals surface area contributed by atoms with Gasteiger partial charge in [0, 0.05) is 0 Å². The van der Waals surface area contributed by atoms with Crippen LogP contribution in [0.4, 0.5) is 0 Å². The van der Waals surface area contributed by atoms with Gasteiger partial charge in [-0.1, -0.05) is 0 Å². The van der Waals surface area contributed by atoms with Crippen LogP contribution in [0.1, 0.15) is 19.8 Å². The molecule has 0 radical (unpaired) electrons. The predicted molar refractivity (Wildman–Crippen MR) is 71.2 cm³/mol. The molecule has 10 heteroatoms. The fourth-order valence-corrected chi connectivity index (χ4v) is 1.35. The molecular formula is C11H19N5O5. The highest BCUT2D eigenvalue weighted by atomic mass is 16.2. The number of aldehydes is 1. The molecule has 0 aliphatic carbocycles. The summed E-state index contributed by atoms with van der Waals surface area (Å²) in [6.45, 7) is 1.34. The lowest BCUT2D eigenvalue weighted by Gasteiger charge is -2.18. The van der Waals surface area contributed by atoms with Gasteiger partial charge in [0.1, 0.15) is 12.3 Å². The first-order chi connectivity index (χ1) is 9.67. The summed E-state index contributed by atoms with van der Waals surface area (Å²) in [5, 5.41) is 4.48. The summed E-state index contributed by atoms with van der Waals surface area (Å²) in [6.07, 6.45) is -0.355. The summed E-state index contributed by atoms with van der Waals surface area (Å²) in [5.41, 5.74) is 15.2. The van der Waals surface area contributed by atoms with E-state index >= 15 is 0 Å². The van der Waals surface area contributed by atoms with E-state index in [9.17, 15) is 24.0 Å². The molecule has 0 aromatic rings. The third kappa shape index (κ3) is 7.62. The Morgan fingerprint density at radius 3 is 1.95 bits per heavy atom. The smallest absolute Gasteiger partial charge is 0.242 e. The molecule has 0 aliphatic rings. The van der Waals surface area contributed by atoms with Crippen molar-refractivity contribution in [2.45, 2.75) is 37.9 Å². The van der Waals surface area contributed by atoms with Crippen LogP contribution in [0.25, 0.3) is 0 Å². The first kappa shape index (κ1) is 18.5. The Kier molecular flexibility index (Phi) is 7.61. The van der Waals surface area contributed by atoms with Crippen molar-refractivity contribution in [3.63, 3.8) is 0 Å². The van der Waals surface area contributed by atoms with Gasteiger partial charge in [-0.2, -0.15) is 0 Å². The lowest BCUT2D eigenvalue weighted by atomic mass is 10.1. The minimum Gasteiger partial charge on any atom is -0.370 e. The molecule has 0 heterocycles. The van der Waals surface area contributed by atoms with Crippen molar-refractivity contribution >= 4 is 29.9 Å². The first-order valence-corrected chi connectivity index (χ1v) is 6.05. The van der Waals surface area contributed by atoms with Crippen LogP contribution in [0.15, 0.2) is 0 Å². The zero-order valence-corrected chi connectivity index (χ0v) is 11.5. The highest BCUT2D eigenvalue weighted by Crippen LogP contribution is 1.93. The van der Waals surface area contributed by atoms with E-state index in [1.807, 2.05) is 0 Å². The fourth-order valence-electron chi connectivity index (χ4n) is 1.35. The Labute approximate surface area is 120 Å². The predicted octanol–water partition coefficient (Wildman–Crippen LogP) is -3.75. The molecule has 3 atom stereocenters. The van der Waals surface area contributed by atoms with E-state index in [1.165, 1.54) is 6.92 Å². The molecule has 0 aromatic heterocycles. The number of amides is 4. The average molecular weight is 301 g/mol. The molecule has 0 saturated carbocycles. The molecule has 0 aromatic carbocycles. The Morgan fingerprint density at radius 2 is 1.52 bits per heavy atom. The lowest BCUT2D eigenvalue weighted by Crippen LogP contribution is -2.53. The van der Waals surface area contributed by atoms with Crippen molar-refractivity contribution < 1.29 is 24.0 Å². The maximum atomic E-state index is 11.7. The quantitative estimate of drug-likeness (QED) is 0.272. The highest BCUT2D eigenvalue weighted by Gasteiger charge is 2.23. The number of rotatable bonds is 9. The Bertz CT molecular complexity index is 439. The Morgan fingerprint density at radius 1 is 1.00 bits per heavy atom. The molecule has 8 N–H and O–H groups in total. The summed E-state index contributed by atoms with van der Waals surface area (Å²) >= 11 is 0. The van der Waals surface area contributed by atoms with Crippen LogP contribution < -0.4 is 27.8 Å². The topological polar surface area (TPSA) is 187 Å². The van der Waals surface area contributed by atoms with E-state index in [0.29, 0.717) is 6.29 Å². The maximum absolute atomic E-state index is 11.7. The largest absolute Gasteiger partial charge is 0.370 e. The van der Waals surface area contributed by atoms with E-state index in [-0.39, 0.29) is 12.8 Å². The second-order valence-corrected chi connectivity index (χ2v) is 4.43. The number of nitrogens with one attached hydrogen (secondary N) is 2. The maximum Gasteiger partial charge on any atom is 0.242 e. The van der Waals surface area contributed by atoms with Crippen molar-refractivity contribution in [3.05, 3.63) is 0 Å². The van der Waals surface area contributed by atoms with Gasteiger partial charge in [-0.3, -0.25) is 19.2 Å². The van der Waals surface area contributed by atoms with E-state index in [1.54, 1.807) is 0 Å². The molecular weight excluding hydrogens is 282 g/mol. The van der Waals surface area contributed by atoms with Crippen molar-refractivity contribution in [2.75, 3.05) is 0 Å². The number of carbonyl (C=O) groups is 5. The molecule has 0 bridgehead atoms. The fraction of sp³-hybridized carbons (Fsp3) is 0.545. The molecule has 4 amide bonds. The van der Waals surface area contributed by atoms with Crippen LogP contribution in [0.5, 0.6) is 0 Å². The minimum atomic E-state index is -1.18. The van der Waals surface area contributed by atoms with Gasteiger partial charge in [0.15, 0.2) is 0 Å². The van der Waals surface area contributed by atoms with Gasteiger partial charge >= 0.3 is 0 Å². The molecule has 0 unspecified atom stereocenters. The van der Waals surface area contributed by atoms with Crippen molar-refractivity contribution in [3.8, 4) is 0 Å². The molecule has 0 saturated heterocycles. The second kappa shape index (κ2) is 8.64. The molecule has 118 valence electrons. The number of nitrogens with two attached hydrogens (primary N) is 3. The third-order valence-corrected chi connectivity index (χ3v) is 2.42. The van der Waals surface area contributed by atoms with Crippen molar-refractivity contribution in [2.24, 2.45) is 17.2 Å². The molecule has 10 nitrogen and oxygen atoms in total. The van der Waals surface area contributed by atoms with Crippen LogP contribution in [0.3, 0.4) is 0 Å². The van der Waals surface area contributed by atoms with Crippen molar-refractivity contribution in [1.29, 1.82) is 0 Å². The van der Waals surface area contributed by atoms with Crippen LogP contribution >= 0.6 is 0 Å². The summed E-state index contributed by atoms with van der Waals surface area (Å²) < 4.78 is 0. The summed E-state index contributed by atoms with van der Waals surface area (Å²) in [6, 6.07) is -3.27. The standard InChI is InChI=1S/C11H19N5O5/c1-5(15-11(21)7(12)3-9(14)19)10(20)16-6(4-17)2-8(13)18/h4-7H,2-3,12H2,1H3,(H2,13,18)(H2,14,19)(H,15,21)(H,16,20)/t5-,6-,7-/m0/s1. The second-order valence-electron chi connectivity index (χ2n) is 4.43. The van der Waals surface area contributed by atoms with Gasteiger partial charge in [0.25, 0.3) is 0 Å². The number of hydrogen-bond acceptors (Lipinski definition) is 6. The van der Waals surface area contributed by atoms with E-state index < -0.39 is 41.8 Å². The molecule has 0 fully saturated rings. The van der Waals surface area contributed by atoms with Crippen LogP contribution in [-0.4, -0.2) is 48.0 Å². The zero-order chi connectivity index (χ0) is 16.6. The average Bonchev–Trinajstić information content (AvgIpc) is 2.36. The van der Waals surface area contributed by atoms with E-state index in [0.717, 1.165) is 0 Å². The van der Waals surface area contributed by atoms with E-state index in [4.69, 9.17) is 17.2 Å². The minimum absolute atomic E-state index is 0.350. The Hall–Kier alpha value is -2.49. The SMILES string of the molecule is C[C@H](NC(=O)[C@@H](N)CC(N)=O)C(=O)N[C@H](C=O)CC(N)=O. The normalized spacial score (nSPS) is 14.4. The summed E-state index contributed by atoms with van der Waals surface area (Å²) in [5.74, 6) is -2.95. The molecule has 21 heavy (non-hydrogen) atoms. The summed E-state index contributed by atoms with van der Waals surface area (Å²) in [4.78, 5) is 55.2. The van der Waals surface area contributed by atoms with Crippen LogP contribution in [0, 0.1) is 0 Å². The number of primary amides is 2. The van der Waals surface area contributed by atoms with Gasteiger partial charge in [0.05, 0.1) is 24.9 Å².